The summed E-state index contributed by atoms with van der Waals surface area (Å²) < 4.78 is 6.00. The molecule has 0 fully saturated rings. The van der Waals surface area contributed by atoms with Crippen LogP contribution in [0.3, 0.4) is 0 Å². The molecule has 0 saturated heterocycles. The molecule has 20 heavy (non-hydrogen) atoms. The van der Waals surface area contributed by atoms with Crippen LogP contribution in [0.4, 0.5) is 0 Å². The summed E-state index contributed by atoms with van der Waals surface area (Å²) in [7, 11) is 2.01. The maximum absolute atomic E-state index is 6.00. The molecule has 2 aromatic carbocycles. The van der Waals surface area contributed by atoms with Crippen molar-refractivity contribution >= 4 is 11.6 Å². The van der Waals surface area contributed by atoms with Crippen molar-refractivity contribution in [3.05, 3.63) is 64.2 Å². The third-order valence-electron chi connectivity index (χ3n) is 3.88. The van der Waals surface area contributed by atoms with Gasteiger partial charge in [-0.2, -0.15) is 0 Å². The van der Waals surface area contributed by atoms with Gasteiger partial charge in [0.25, 0.3) is 0 Å². The Labute approximate surface area is 124 Å². The monoisotopic (exact) mass is 287 g/mol. The number of halogens is 1. The first-order chi connectivity index (χ1) is 9.78. The molecule has 1 aliphatic rings. The standard InChI is InChI=1S/C17H18ClNO/c1-19-16-10-9-15-14(16)3-2-4-17(15)20-11-12-5-7-13(18)8-6-12/h2-8,16,19H,9-11H2,1H3. The van der Waals surface area contributed by atoms with Gasteiger partial charge < -0.3 is 10.1 Å². The number of hydrogen-bond donors (Lipinski definition) is 1. The van der Waals surface area contributed by atoms with Crippen LogP contribution in [0.15, 0.2) is 42.5 Å². The van der Waals surface area contributed by atoms with Crippen LogP contribution in [0.2, 0.25) is 5.02 Å². The van der Waals surface area contributed by atoms with Crippen molar-refractivity contribution in [2.45, 2.75) is 25.5 Å². The summed E-state index contributed by atoms with van der Waals surface area (Å²) >= 11 is 5.89. The number of ether oxygens (including phenoxy) is 1. The SMILES string of the molecule is CNC1CCc2c(OCc3ccc(Cl)cc3)cccc21. The van der Waals surface area contributed by atoms with Gasteiger partial charge in [0.05, 0.1) is 0 Å². The van der Waals surface area contributed by atoms with Crippen molar-refractivity contribution in [1.82, 2.24) is 5.32 Å². The Hall–Kier alpha value is -1.51. The molecule has 2 aromatic rings. The Morgan fingerprint density at radius 1 is 1.20 bits per heavy atom. The molecule has 0 saturated carbocycles. The summed E-state index contributed by atoms with van der Waals surface area (Å²) in [4.78, 5) is 0. The van der Waals surface area contributed by atoms with E-state index in [2.05, 4.69) is 23.5 Å². The summed E-state index contributed by atoms with van der Waals surface area (Å²) in [6.07, 6.45) is 2.23. The lowest BCUT2D eigenvalue weighted by Crippen LogP contribution is -2.12. The minimum Gasteiger partial charge on any atom is -0.489 e. The Morgan fingerprint density at radius 3 is 2.75 bits per heavy atom. The average Bonchev–Trinajstić information content (AvgIpc) is 2.90. The summed E-state index contributed by atoms with van der Waals surface area (Å²) in [6.45, 7) is 0.581. The second kappa shape index (κ2) is 5.86. The zero-order chi connectivity index (χ0) is 13.9. The molecule has 1 atom stereocenters. The molecule has 0 aliphatic heterocycles. The largest absolute Gasteiger partial charge is 0.489 e. The van der Waals surface area contributed by atoms with Gasteiger partial charge in [-0.3, -0.25) is 0 Å². The van der Waals surface area contributed by atoms with E-state index in [-0.39, 0.29) is 0 Å². The average molecular weight is 288 g/mol. The van der Waals surface area contributed by atoms with Crippen LogP contribution in [-0.4, -0.2) is 7.05 Å². The van der Waals surface area contributed by atoms with Crippen LogP contribution in [0.1, 0.15) is 29.2 Å². The van der Waals surface area contributed by atoms with Crippen LogP contribution >= 0.6 is 11.6 Å². The van der Waals surface area contributed by atoms with Crippen molar-refractivity contribution in [3.63, 3.8) is 0 Å². The van der Waals surface area contributed by atoms with E-state index in [1.54, 1.807) is 0 Å². The molecular formula is C17H18ClNO. The summed E-state index contributed by atoms with van der Waals surface area (Å²) in [5, 5.41) is 4.11. The number of fused-ring (bicyclic) bond motifs is 1. The summed E-state index contributed by atoms with van der Waals surface area (Å²) in [5.41, 5.74) is 3.86. The first kappa shape index (κ1) is 13.5. The van der Waals surface area contributed by atoms with Gasteiger partial charge in [0, 0.05) is 11.1 Å². The maximum atomic E-state index is 6.00. The van der Waals surface area contributed by atoms with Gasteiger partial charge in [-0.15, -0.1) is 0 Å². The highest BCUT2D eigenvalue weighted by Gasteiger charge is 2.23. The number of benzene rings is 2. The number of rotatable bonds is 4. The lowest BCUT2D eigenvalue weighted by atomic mass is 10.1. The Kier molecular flexibility index (Phi) is 3.95. The minimum absolute atomic E-state index is 0.462. The molecule has 2 nitrogen and oxygen atoms in total. The van der Waals surface area contributed by atoms with Gasteiger partial charge >= 0.3 is 0 Å². The van der Waals surface area contributed by atoms with Crippen molar-refractivity contribution in [2.75, 3.05) is 7.05 Å². The number of hydrogen-bond acceptors (Lipinski definition) is 2. The first-order valence-corrected chi connectivity index (χ1v) is 7.32. The normalized spacial score (nSPS) is 17.0. The molecule has 0 heterocycles. The van der Waals surface area contributed by atoms with Crippen molar-refractivity contribution in [2.24, 2.45) is 0 Å². The smallest absolute Gasteiger partial charge is 0.123 e. The summed E-state index contributed by atoms with van der Waals surface area (Å²) in [5.74, 6) is 1.01. The van der Waals surface area contributed by atoms with E-state index in [0.29, 0.717) is 12.6 Å². The molecule has 1 N–H and O–H groups in total. The highest BCUT2D eigenvalue weighted by Crippen LogP contribution is 2.36. The molecule has 1 aliphatic carbocycles. The van der Waals surface area contributed by atoms with Gasteiger partial charge in [0.15, 0.2) is 0 Å². The van der Waals surface area contributed by atoms with Crippen molar-refractivity contribution < 1.29 is 4.74 Å². The molecule has 0 bridgehead atoms. The van der Waals surface area contributed by atoms with E-state index in [9.17, 15) is 0 Å². The van der Waals surface area contributed by atoms with Crippen LogP contribution in [0.25, 0.3) is 0 Å². The van der Waals surface area contributed by atoms with Gasteiger partial charge in [-0.1, -0.05) is 35.9 Å². The second-order valence-electron chi connectivity index (χ2n) is 5.12. The zero-order valence-corrected chi connectivity index (χ0v) is 12.3. The Bertz CT molecular complexity index is 594. The van der Waals surface area contributed by atoms with Crippen LogP contribution in [0.5, 0.6) is 5.75 Å². The quantitative estimate of drug-likeness (QED) is 0.913. The highest BCUT2D eigenvalue weighted by molar-refractivity contribution is 6.30. The molecule has 3 rings (SSSR count). The first-order valence-electron chi connectivity index (χ1n) is 6.94. The molecule has 3 heteroatoms. The topological polar surface area (TPSA) is 21.3 Å². The predicted molar refractivity (Wildman–Crippen MR) is 82.3 cm³/mol. The minimum atomic E-state index is 0.462. The van der Waals surface area contributed by atoms with E-state index in [1.165, 1.54) is 11.1 Å². The van der Waals surface area contributed by atoms with Crippen LogP contribution in [-0.2, 0) is 13.0 Å². The van der Waals surface area contributed by atoms with Gasteiger partial charge in [0.2, 0.25) is 0 Å². The maximum Gasteiger partial charge on any atom is 0.123 e. The van der Waals surface area contributed by atoms with Crippen LogP contribution in [0, 0.1) is 0 Å². The Morgan fingerprint density at radius 2 is 2.00 bits per heavy atom. The van der Waals surface area contributed by atoms with E-state index < -0.39 is 0 Å². The number of nitrogens with one attached hydrogen (secondary N) is 1. The van der Waals surface area contributed by atoms with Gasteiger partial charge in [-0.25, -0.2) is 0 Å². The van der Waals surface area contributed by atoms with E-state index in [4.69, 9.17) is 16.3 Å². The summed E-state index contributed by atoms with van der Waals surface area (Å²) in [6, 6.07) is 14.6. The van der Waals surface area contributed by atoms with Gasteiger partial charge in [-0.05, 0) is 54.8 Å². The molecule has 104 valence electrons. The Balaban J connectivity index is 1.75. The highest BCUT2D eigenvalue weighted by atomic mass is 35.5. The zero-order valence-electron chi connectivity index (χ0n) is 11.5. The second-order valence-corrected chi connectivity index (χ2v) is 5.56. The third kappa shape index (κ3) is 2.67. The molecule has 0 spiro atoms. The molecule has 0 amide bonds. The van der Waals surface area contributed by atoms with Crippen LogP contribution < -0.4 is 10.1 Å². The molecular weight excluding hydrogens is 270 g/mol. The molecule has 1 unspecified atom stereocenters. The van der Waals surface area contributed by atoms with E-state index in [0.717, 1.165) is 29.2 Å². The predicted octanol–water partition coefficient (Wildman–Crippen LogP) is 4.13. The van der Waals surface area contributed by atoms with Gasteiger partial charge in [0.1, 0.15) is 12.4 Å². The fourth-order valence-electron chi connectivity index (χ4n) is 2.80. The lowest BCUT2D eigenvalue weighted by molar-refractivity contribution is 0.303. The van der Waals surface area contributed by atoms with E-state index in [1.807, 2.05) is 31.3 Å². The molecule has 0 aromatic heterocycles. The van der Waals surface area contributed by atoms with Crippen molar-refractivity contribution in [1.29, 1.82) is 0 Å². The molecule has 0 radical (unpaired) electrons. The fourth-order valence-corrected chi connectivity index (χ4v) is 2.92. The van der Waals surface area contributed by atoms with E-state index >= 15 is 0 Å². The lowest BCUT2D eigenvalue weighted by Gasteiger charge is -2.13. The van der Waals surface area contributed by atoms with Crippen molar-refractivity contribution in [3.8, 4) is 5.75 Å². The third-order valence-corrected chi connectivity index (χ3v) is 4.14. The fraction of sp³-hybridized carbons (Fsp3) is 0.294.